The van der Waals surface area contributed by atoms with Crippen molar-refractivity contribution in [1.29, 1.82) is 0 Å². The molecule has 1 saturated heterocycles. The standard InChI is InChI=1S/C20H19F2N3O3/c1-24-6-7-25(20(28)19(24)27)12-13-2-4-15(5-3-13)18(26)23-11-14-8-16(21)10-17(22)9-14/h2-5,8-10H,6-7,11-12H2,1H3,(H,23,26). The molecule has 6 nitrogen and oxygen atoms in total. The molecule has 28 heavy (non-hydrogen) atoms. The molecule has 0 radical (unpaired) electrons. The lowest BCUT2D eigenvalue weighted by Gasteiger charge is -2.31. The smallest absolute Gasteiger partial charge is 0.312 e. The molecule has 2 aromatic rings. The first kappa shape index (κ1) is 19.5. The number of benzene rings is 2. The van der Waals surface area contributed by atoms with Gasteiger partial charge in [0.15, 0.2) is 0 Å². The molecule has 0 atom stereocenters. The number of rotatable bonds is 5. The number of nitrogens with one attached hydrogen (secondary N) is 1. The van der Waals surface area contributed by atoms with Gasteiger partial charge in [-0.25, -0.2) is 8.78 Å². The monoisotopic (exact) mass is 387 g/mol. The van der Waals surface area contributed by atoms with E-state index in [1.54, 1.807) is 31.3 Å². The SMILES string of the molecule is CN1CCN(Cc2ccc(C(=O)NCc3cc(F)cc(F)c3)cc2)C(=O)C1=O. The number of piperazine rings is 1. The van der Waals surface area contributed by atoms with Crippen LogP contribution in [0.1, 0.15) is 21.5 Å². The number of hydrogen-bond donors (Lipinski definition) is 1. The maximum Gasteiger partial charge on any atom is 0.312 e. The van der Waals surface area contributed by atoms with Crippen LogP contribution in [-0.4, -0.2) is 47.7 Å². The zero-order valence-electron chi connectivity index (χ0n) is 15.2. The van der Waals surface area contributed by atoms with Crippen molar-refractivity contribution >= 4 is 17.7 Å². The molecule has 1 fully saturated rings. The number of amides is 3. The molecule has 1 heterocycles. The Balaban J connectivity index is 1.58. The quantitative estimate of drug-likeness (QED) is 0.794. The van der Waals surface area contributed by atoms with E-state index in [0.717, 1.165) is 23.8 Å². The number of carbonyl (C=O) groups excluding carboxylic acids is 3. The highest BCUT2D eigenvalue weighted by Gasteiger charge is 2.30. The van der Waals surface area contributed by atoms with Crippen molar-refractivity contribution in [2.75, 3.05) is 20.1 Å². The number of hydrogen-bond acceptors (Lipinski definition) is 3. The molecular weight excluding hydrogens is 368 g/mol. The van der Waals surface area contributed by atoms with Crippen LogP contribution < -0.4 is 5.32 Å². The summed E-state index contributed by atoms with van der Waals surface area (Å²) in [7, 11) is 1.59. The van der Waals surface area contributed by atoms with Gasteiger partial charge in [0.05, 0.1) is 0 Å². The zero-order chi connectivity index (χ0) is 20.3. The molecule has 3 rings (SSSR count). The van der Waals surface area contributed by atoms with E-state index in [1.807, 2.05) is 0 Å². The average Bonchev–Trinajstić information content (AvgIpc) is 2.66. The summed E-state index contributed by atoms with van der Waals surface area (Å²) in [5.74, 6) is -2.87. The van der Waals surface area contributed by atoms with Crippen molar-refractivity contribution in [2.24, 2.45) is 0 Å². The molecule has 0 unspecified atom stereocenters. The lowest BCUT2D eigenvalue weighted by Crippen LogP contribution is -2.52. The second-order valence-corrected chi connectivity index (χ2v) is 6.61. The van der Waals surface area contributed by atoms with Gasteiger partial charge in [-0.3, -0.25) is 14.4 Å². The number of halogens is 2. The van der Waals surface area contributed by atoms with E-state index < -0.39 is 23.4 Å². The first-order valence-electron chi connectivity index (χ1n) is 8.70. The topological polar surface area (TPSA) is 69.7 Å². The van der Waals surface area contributed by atoms with Gasteiger partial charge in [-0.1, -0.05) is 12.1 Å². The third-order valence-corrected chi connectivity index (χ3v) is 4.49. The molecule has 0 bridgehead atoms. The highest BCUT2D eigenvalue weighted by Crippen LogP contribution is 2.12. The van der Waals surface area contributed by atoms with E-state index in [9.17, 15) is 23.2 Å². The van der Waals surface area contributed by atoms with Crippen molar-refractivity contribution in [3.8, 4) is 0 Å². The summed E-state index contributed by atoms with van der Waals surface area (Å²) in [5.41, 5.74) is 1.48. The molecule has 2 aromatic carbocycles. The van der Waals surface area contributed by atoms with Gasteiger partial charge in [0.2, 0.25) is 0 Å². The van der Waals surface area contributed by atoms with E-state index in [2.05, 4.69) is 5.32 Å². The van der Waals surface area contributed by atoms with Gasteiger partial charge in [0.25, 0.3) is 5.91 Å². The average molecular weight is 387 g/mol. The minimum Gasteiger partial charge on any atom is -0.348 e. The Bertz CT molecular complexity index is 895. The van der Waals surface area contributed by atoms with Crippen LogP contribution in [0.25, 0.3) is 0 Å². The summed E-state index contributed by atoms with van der Waals surface area (Å²) in [6, 6.07) is 9.67. The lowest BCUT2D eigenvalue weighted by atomic mass is 10.1. The Morgan fingerprint density at radius 1 is 0.964 bits per heavy atom. The fraction of sp³-hybridized carbons (Fsp3) is 0.250. The van der Waals surface area contributed by atoms with Crippen molar-refractivity contribution < 1.29 is 23.2 Å². The number of carbonyl (C=O) groups is 3. The molecule has 0 aliphatic carbocycles. The third-order valence-electron chi connectivity index (χ3n) is 4.49. The zero-order valence-corrected chi connectivity index (χ0v) is 15.2. The first-order valence-corrected chi connectivity index (χ1v) is 8.70. The van der Waals surface area contributed by atoms with Gasteiger partial charge in [-0.15, -0.1) is 0 Å². The predicted molar refractivity (Wildman–Crippen MR) is 97.0 cm³/mol. The van der Waals surface area contributed by atoms with Gasteiger partial charge in [0.1, 0.15) is 11.6 Å². The van der Waals surface area contributed by atoms with Gasteiger partial charge in [-0.2, -0.15) is 0 Å². The van der Waals surface area contributed by atoms with E-state index in [-0.39, 0.29) is 19.0 Å². The van der Waals surface area contributed by atoms with E-state index in [1.165, 1.54) is 9.80 Å². The normalized spacial score (nSPS) is 14.4. The Kier molecular flexibility index (Phi) is 5.67. The fourth-order valence-corrected chi connectivity index (χ4v) is 2.90. The molecule has 0 saturated carbocycles. The van der Waals surface area contributed by atoms with Crippen LogP contribution in [0.5, 0.6) is 0 Å². The Labute approximate surface area is 160 Å². The largest absolute Gasteiger partial charge is 0.348 e. The second-order valence-electron chi connectivity index (χ2n) is 6.61. The molecule has 0 spiro atoms. The minimum absolute atomic E-state index is 0.00677. The summed E-state index contributed by atoms with van der Waals surface area (Å²) in [6.45, 7) is 1.20. The lowest BCUT2D eigenvalue weighted by molar-refractivity contribution is -0.155. The van der Waals surface area contributed by atoms with Crippen molar-refractivity contribution in [3.05, 3.63) is 70.8 Å². The predicted octanol–water partition coefficient (Wildman–Crippen LogP) is 1.70. The van der Waals surface area contributed by atoms with E-state index in [4.69, 9.17) is 0 Å². The molecule has 8 heteroatoms. The molecular formula is C20H19F2N3O3. The summed E-state index contributed by atoms with van der Waals surface area (Å²) in [4.78, 5) is 38.8. The molecule has 1 aliphatic heterocycles. The summed E-state index contributed by atoms with van der Waals surface area (Å²) in [6.07, 6.45) is 0. The van der Waals surface area contributed by atoms with Gasteiger partial charge in [-0.05, 0) is 35.4 Å². The van der Waals surface area contributed by atoms with Crippen molar-refractivity contribution in [1.82, 2.24) is 15.1 Å². The Morgan fingerprint density at radius 2 is 1.61 bits per heavy atom. The first-order chi connectivity index (χ1) is 13.3. The van der Waals surface area contributed by atoms with E-state index in [0.29, 0.717) is 24.2 Å². The Morgan fingerprint density at radius 3 is 2.25 bits per heavy atom. The molecule has 146 valence electrons. The van der Waals surface area contributed by atoms with Crippen LogP contribution in [-0.2, 0) is 22.7 Å². The molecule has 0 aromatic heterocycles. The van der Waals surface area contributed by atoms with E-state index >= 15 is 0 Å². The van der Waals surface area contributed by atoms with Gasteiger partial charge >= 0.3 is 11.8 Å². The molecule has 1 N–H and O–H groups in total. The third kappa shape index (κ3) is 4.51. The maximum absolute atomic E-state index is 13.2. The summed E-state index contributed by atoms with van der Waals surface area (Å²) in [5, 5.41) is 2.60. The van der Waals surface area contributed by atoms with Crippen LogP contribution in [0.4, 0.5) is 8.78 Å². The number of likely N-dealkylation sites (N-methyl/N-ethyl adjacent to an activating group) is 1. The van der Waals surface area contributed by atoms with Crippen LogP contribution in [0.3, 0.4) is 0 Å². The van der Waals surface area contributed by atoms with Gasteiger partial charge in [0, 0.05) is 44.9 Å². The van der Waals surface area contributed by atoms with Crippen LogP contribution in [0, 0.1) is 11.6 Å². The fourth-order valence-electron chi connectivity index (χ4n) is 2.90. The minimum atomic E-state index is -0.703. The van der Waals surface area contributed by atoms with Gasteiger partial charge < -0.3 is 15.1 Å². The summed E-state index contributed by atoms with van der Waals surface area (Å²) >= 11 is 0. The number of nitrogens with zero attached hydrogens (tertiary/aromatic N) is 2. The van der Waals surface area contributed by atoms with Crippen molar-refractivity contribution in [3.63, 3.8) is 0 Å². The highest BCUT2D eigenvalue weighted by molar-refractivity contribution is 6.35. The maximum atomic E-state index is 13.2. The summed E-state index contributed by atoms with van der Waals surface area (Å²) < 4.78 is 26.4. The molecule has 1 aliphatic rings. The van der Waals surface area contributed by atoms with Crippen LogP contribution in [0.2, 0.25) is 0 Å². The van der Waals surface area contributed by atoms with Crippen LogP contribution in [0.15, 0.2) is 42.5 Å². The molecule has 3 amide bonds. The highest BCUT2D eigenvalue weighted by atomic mass is 19.1. The van der Waals surface area contributed by atoms with Crippen molar-refractivity contribution in [2.45, 2.75) is 13.1 Å². The van der Waals surface area contributed by atoms with Crippen LogP contribution >= 0.6 is 0 Å². The Hall–Kier alpha value is -3.29. The second kappa shape index (κ2) is 8.16.